The number of phosphoric acid groups is 1. The predicted molar refractivity (Wildman–Crippen MR) is 53.4 cm³/mol. The van der Waals surface area contributed by atoms with E-state index >= 15 is 0 Å². The zero-order chi connectivity index (χ0) is 11.3. The molecule has 0 aliphatic heterocycles. The molecule has 0 fully saturated rings. The Bertz CT molecular complexity index is 195. The van der Waals surface area contributed by atoms with Gasteiger partial charge in [-0.25, -0.2) is 4.57 Å². The van der Waals surface area contributed by atoms with E-state index in [-0.39, 0.29) is 0 Å². The molecule has 0 saturated carbocycles. The Hall–Kier alpha value is -0.150. The Morgan fingerprint density at radius 1 is 1.31 bits per heavy atom. The Kier molecular flexibility index (Phi) is 6.55. The topological polar surface area (TPSA) is 66.8 Å². The summed E-state index contributed by atoms with van der Waals surface area (Å²) in [6.07, 6.45) is 0. The predicted octanol–water partition coefficient (Wildman–Crippen LogP) is 2.48. The molecule has 0 aliphatic carbocycles. The fourth-order valence-corrected chi connectivity index (χ4v) is 1.07. The summed E-state index contributed by atoms with van der Waals surface area (Å²) in [4.78, 5) is 16.5. The first-order valence-corrected chi connectivity index (χ1v) is 5.35. The summed E-state index contributed by atoms with van der Waals surface area (Å²) in [5.41, 5.74) is 0.388. The maximum atomic E-state index is 10.1. The van der Waals surface area contributed by atoms with E-state index in [0.29, 0.717) is 0 Å². The molecule has 0 aromatic rings. The molecule has 4 nitrogen and oxygen atoms in total. The van der Waals surface area contributed by atoms with Crippen molar-refractivity contribution in [2.24, 2.45) is 0 Å². The van der Waals surface area contributed by atoms with Gasteiger partial charge in [-0.05, 0) is 34.6 Å². The first kappa shape index (κ1) is 15.3. The molecule has 5 heteroatoms. The van der Waals surface area contributed by atoms with E-state index in [9.17, 15) is 4.57 Å². The van der Waals surface area contributed by atoms with Crippen LogP contribution in [0, 0.1) is 0 Å². The quantitative estimate of drug-likeness (QED) is 0.515. The van der Waals surface area contributed by atoms with E-state index < -0.39 is 13.4 Å². The van der Waals surface area contributed by atoms with E-state index in [2.05, 4.69) is 11.1 Å². The summed E-state index contributed by atoms with van der Waals surface area (Å²) in [5, 5.41) is 0. The maximum absolute atomic E-state index is 10.1. The van der Waals surface area contributed by atoms with Gasteiger partial charge < -0.3 is 9.79 Å². The van der Waals surface area contributed by atoms with E-state index in [1.165, 1.54) is 5.57 Å². The van der Waals surface area contributed by atoms with E-state index in [1.54, 1.807) is 20.8 Å². The molecule has 0 atom stereocenters. The SMILES string of the molecule is C=C(C)C.CC(C)(C)OP(=O)(O)O. The van der Waals surface area contributed by atoms with E-state index in [1.807, 2.05) is 13.8 Å². The van der Waals surface area contributed by atoms with Crippen molar-refractivity contribution in [3.63, 3.8) is 0 Å². The van der Waals surface area contributed by atoms with Crippen LogP contribution in [-0.2, 0) is 9.09 Å². The van der Waals surface area contributed by atoms with Crippen LogP contribution in [0.2, 0.25) is 0 Å². The van der Waals surface area contributed by atoms with Gasteiger partial charge in [-0.15, -0.1) is 6.58 Å². The lowest BCUT2D eigenvalue weighted by atomic mass is 10.2. The molecule has 0 aliphatic rings. The lowest BCUT2D eigenvalue weighted by Gasteiger charge is -2.18. The van der Waals surface area contributed by atoms with Crippen LogP contribution < -0.4 is 0 Å². The molecule has 0 unspecified atom stereocenters. The molecule has 0 heterocycles. The second-order valence-electron chi connectivity index (χ2n) is 3.90. The molecule has 0 spiro atoms. The van der Waals surface area contributed by atoms with Crippen LogP contribution in [-0.4, -0.2) is 15.4 Å². The van der Waals surface area contributed by atoms with Crippen LogP contribution in [0.25, 0.3) is 0 Å². The van der Waals surface area contributed by atoms with Crippen LogP contribution in [0.3, 0.4) is 0 Å². The Morgan fingerprint density at radius 3 is 1.54 bits per heavy atom. The van der Waals surface area contributed by atoms with Crippen molar-refractivity contribution in [1.29, 1.82) is 0 Å². The van der Waals surface area contributed by atoms with Crippen molar-refractivity contribution in [3.8, 4) is 0 Å². The summed E-state index contributed by atoms with van der Waals surface area (Å²) < 4.78 is 14.4. The Morgan fingerprint density at radius 2 is 1.54 bits per heavy atom. The summed E-state index contributed by atoms with van der Waals surface area (Å²) in [7, 11) is -4.29. The van der Waals surface area contributed by atoms with Crippen LogP contribution >= 0.6 is 7.82 Å². The summed E-state index contributed by atoms with van der Waals surface area (Å²) in [6.45, 7) is 12.2. The van der Waals surface area contributed by atoms with Gasteiger partial charge in [-0.1, -0.05) is 5.57 Å². The number of hydrogen-bond donors (Lipinski definition) is 2. The van der Waals surface area contributed by atoms with Gasteiger partial charge in [0.25, 0.3) is 0 Å². The second-order valence-corrected chi connectivity index (χ2v) is 5.07. The van der Waals surface area contributed by atoms with Crippen LogP contribution in [0.1, 0.15) is 34.6 Å². The highest BCUT2D eigenvalue weighted by Gasteiger charge is 2.23. The van der Waals surface area contributed by atoms with Gasteiger partial charge in [0.2, 0.25) is 0 Å². The lowest BCUT2D eigenvalue weighted by Crippen LogP contribution is -2.16. The Labute approximate surface area is 79.9 Å². The third-order valence-electron chi connectivity index (χ3n) is 0.393. The van der Waals surface area contributed by atoms with Crippen molar-refractivity contribution in [2.45, 2.75) is 40.2 Å². The molecule has 0 aromatic carbocycles. The molecule has 0 rings (SSSR count). The molecule has 80 valence electrons. The van der Waals surface area contributed by atoms with Gasteiger partial charge in [0, 0.05) is 0 Å². The molecule has 0 amide bonds. The minimum absolute atomic E-state index is 0.779. The highest BCUT2D eigenvalue weighted by Crippen LogP contribution is 2.40. The number of allylic oxidation sites excluding steroid dienone is 1. The van der Waals surface area contributed by atoms with Crippen LogP contribution in [0.15, 0.2) is 12.2 Å². The van der Waals surface area contributed by atoms with Crippen molar-refractivity contribution >= 4 is 7.82 Å². The van der Waals surface area contributed by atoms with Gasteiger partial charge in [0.1, 0.15) is 0 Å². The molecule has 0 bridgehead atoms. The first-order chi connectivity index (χ1) is 5.44. The monoisotopic (exact) mass is 210 g/mol. The normalized spacial score (nSPS) is 11.6. The van der Waals surface area contributed by atoms with Gasteiger partial charge in [-0.3, -0.25) is 4.52 Å². The third kappa shape index (κ3) is 33.6. The molecule has 13 heavy (non-hydrogen) atoms. The zero-order valence-electron chi connectivity index (χ0n) is 8.87. The molecule has 0 radical (unpaired) electrons. The second kappa shape index (κ2) is 5.55. The molecular weight excluding hydrogens is 191 g/mol. The Balaban J connectivity index is 0. The number of phosphoric ester groups is 1. The molecule has 0 aromatic heterocycles. The fraction of sp³-hybridized carbons (Fsp3) is 0.750. The molecule has 2 N–H and O–H groups in total. The average molecular weight is 210 g/mol. The standard InChI is InChI=1S/C4H11O4P.C4H8/c1-4(2,3)8-9(5,6)7;1-4(2)3/h1-3H3,(H2,5,6,7);1H2,2-3H3. The van der Waals surface area contributed by atoms with Gasteiger partial charge in [0.15, 0.2) is 0 Å². The van der Waals surface area contributed by atoms with Gasteiger partial charge >= 0.3 is 7.82 Å². The highest BCUT2D eigenvalue weighted by molar-refractivity contribution is 7.46. The number of rotatable bonds is 1. The van der Waals surface area contributed by atoms with Gasteiger partial charge in [-0.2, -0.15) is 0 Å². The first-order valence-electron chi connectivity index (χ1n) is 3.82. The molecule has 0 saturated heterocycles. The zero-order valence-corrected chi connectivity index (χ0v) is 9.76. The van der Waals surface area contributed by atoms with E-state index in [4.69, 9.17) is 9.79 Å². The minimum Gasteiger partial charge on any atom is -0.303 e. The minimum atomic E-state index is -4.29. The molecular formula is C8H19O4P. The largest absolute Gasteiger partial charge is 0.470 e. The van der Waals surface area contributed by atoms with Crippen molar-refractivity contribution < 1.29 is 18.9 Å². The highest BCUT2D eigenvalue weighted by atomic mass is 31.2. The van der Waals surface area contributed by atoms with Crippen LogP contribution in [0.5, 0.6) is 0 Å². The lowest BCUT2D eigenvalue weighted by molar-refractivity contribution is 0.0810. The van der Waals surface area contributed by atoms with Crippen molar-refractivity contribution in [1.82, 2.24) is 0 Å². The fourth-order valence-electron chi connectivity index (χ4n) is 0.357. The van der Waals surface area contributed by atoms with Crippen molar-refractivity contribution in [3.05, 3.63) is 12.2 Å². The maximum Gasteiger partial charge on any atom is 0.470 e. The van der Waals surface area contributed by atoms with E-state index in [0.717, 1.165) is 0 Å². The average Bonchev–Trinajstić information content (AvgIpc) is 1.47. The summed E-state index contributed by atoms with van der Waals surface area (Å²) in [5.74, 6) is 0. The third-order valence-corrected chi connectivity index (χ3v) is 1.18. The number of hydrogen-bond acceptors (Lipinski definition) is 2. The smallest absolute Gasteiger partial charge is 0.303 e. The summed E-state index contributed by atoms with van der Waals surface area (Å²) >= 11 is 0. The van der Waals surface area contributed by atoms with Gasteiger partial charge in [0.05, 0.1) is 5.60 Å². The summed E-state index contributed by atoms with van der Waals surface area (Å²) in [6, 6.07) is 0. The van der Waals surface area contributed by atoms with Crippen molar-refractivity contribution in [2.75, 3.05) is 0 Å². The van der Waals surface area contributed by atoms with Crippen LogP contribution in [0.4, 0.5) is 0 Å².